The molecule has 0 radical (unpaired) electrons. The van der Waals surface area contributed by atoms with Crippen molar-refractivity contribution in [3.8, 4) is 0 Å². The van der Waals surface area contributed by atoms with Gasteiger partial charge in [-0.1, -0.05) is 23.2 Å². The van der Waals surface area contributed by atoms with Crippen molar-refractivity contribution < 1.29 is 9.18 Å². The molecule has 0 atom stereocenters. The molecule has 0 spiro atoms. The van der Waals surface area contributed by atoms with Crippen molar-refractivity contribution in [2.24, 2.45) is 0 Å². The molecule has 1 saturated heterocycles. The lowest BCUT2D eigenvalue weighted by molar-refractivity contribution is -0.129. The molecule has 0 aliphatic carbocycles. The third-order valence-electron chi connectivity index (χ3n) is 4.19. The van der Waals surface area contributed by atoms with Gasteiger partial charge in [0.15, 0.2) is 0 Å². The summed E-state index contributed by atoms with van der Waals surface area (Å²) < 4.78 is 13.0. The normalized spacial score (nSPS) is 14.5. The van der Waals surface area contributed by atoms with Crippen molar-refractivity contribution in [1.82, 2.24) is 4.90 Å². The lowest BCUT2D eigenvalue weighted by Gasteiger charge is -2.36. The van der Waals surface area contributed by atoms with E-state index >= 15 is 0 Å². The van der Waals surface area contributed by atoms with Gasteiger partial charge in [-0.15, -0.1) is 0 Å². The largest absolute Gasteiger partial charge is 0.376 e. The average molecular weight is 382 g/mol. The second kappa shape index (κ2) is 7.93. The van der Waals surface area contributed by atoms with Crippen LogP contribution in [0.2, 0.25) is 10.0 Å². The Morgan fingerprint density at radius 3 is 2.32 bits per heavy atom. The lowest BCUT2D eigenvalue weighted by atomic mass is 10.2. The van der Waals surface area contributed by atoms with E-state index in [1.54, 1.807) is 30.3 Å². The van der Waals surface area contributed by atoms with Gasteiger partial charge in [-0.05, 0) is 42.5 Å². The van der Waals surface area contributed by atoms with E-state index in [1.807, 2.05) is 4.90 Å². The first-order valence-electron chi connectivity index (χ1n) is 8.00. The summed E-state index contributed by atoms with van der Waals surface area (Å²) in [6.45, 7) is 2.93. The number of piperazine rings is 1. The summed E-state index contributed by atoms with van der Waals surface area (Å²) >= 11 is 11.8. The number of halogens is 3. The highest BCUT2D eigenvalue weighted by atomic mass is 35.5. The van der Waals surface area contributed by atoms with Crippen LogP contribution in [0.25, 0.3) is 0 Å². The SMILES string of the molecule is O=C(CNc1ccc(Cl)c(Cl)c1)N1CCN(c2ccc(F)cc2)CC1. The monoisotopic (exact) mass is 381 g/mol. The van der Waals surface area contributed by atoms with E-state index < -0.39 is 0 Å². The molecule has 0 unspecified atom stereocenters. The summed E-state index contributed by atoms with van der Waals surface area (Å²) in [7, 11) is 0. The number of nitrogens with one attached hydrogen (secondary N) is 1. The highest BCUT2D eigenvalue weighted by Gasteiger charge is 2.21. The van der Waals surface area contributed by atoms with Crippen LogP contribution in [-0.4, -0.2) is 43.5 Å². The van der Waals surface area contributed by atoms with Gasteiger partial charge >= 0.3 is 0 Å². The fraction of sp³-hybridized carbons (Fsp3) is 0.278. The van der Waals surface area contributed by atoms with Crippen LogP contribution in [0, 0.1) is 5.82 Å². The number of carbonyl (C=O) groups is 1. The minimum Gasteiger partial charge on any atom is -0.376 e. The molecule has 4 nitrogen and oxygen atoms in total. The van der Waals surface area contributed by atoms with E-state index in [-0.39, 0.29) is 18.3 Å². The maximum absolute atomic E-state index is 13.0. The molecule has 1 fully saturated rings. The van der Waals surface area contributed by atoms with Crippen molar-refractivity contribution in [1.29, 1.82) is 0 Å². The van der Waals surface area contributed by atoms with Crippen molar-refractivity contribution in [3.63, 3.8) is 0 Å². The van der Waals surface area contributed by atoms with Crippen LogP contribution >= 0.6 is 23.2 Å². The van der Waals surface area contributed by atoms with Gasteiger partial charge in [-0.25, -0.2) is 4.39 Å². The van der Waals surface area contributed by atoms with Crippen LogP contribution in [0.4, 0.5) is 15.8 Å². The van der Waals surface area contributed by atoms with Crippen LogP contribution in [0.1, 0.15) is 0 Å². The number of nitrogens with zero attached hydrogens (tertiary/aromatic N) is 2. The number of anilines is 2. The van der Waals surface area contributed by atoms with E-state index in [0.29, 0.717) is 23.1 Å². The summed E-state index contributed by atoms with van der Waals surface area (Å²) in [6.07, 6.45) is 0. The number of carbonyl (C=O) groups excluding carboxylic acids is 1. The zero-order valence-electron chi connectivity index (χ0n) is 13.5. The van der Waals surface area contributed by atoms with Crippen molar-refractivity contribution in [2.75, 3.05) is 42.9 Å². The molecular formula is C18H18Cl2FN3O. The second-order valence-electron chi connectivity index (χ2n) is 5.83. The summed E-state index contributed by atoms with van der Waals surface area (Å²) in [4.78, 5) is 16.3. The molecular weight excluding hydrogens is 364 g/mol. The molecule has 1 aliphatic heterocycles. The van der Waals surface area contributed by atoms with Crippen molar-refractivity contribution in [3.05, 3.63) is 58.3 Å². The first kappa shape index (κ1) is 17.8. The fourth-order valence-corrected chi connectivity index (χ4v) is 3.06. The summed E-state index contributed by atoms with van der Waals surface area (Å²) in [6, 6.07) is 11.6. The first-order valence-corrected chi connectivity index (χ1v) is 8.76. The van der Waals surface area contributed by atoms with E-state index in [1.165, 1.54) is 12.1 Å². The summed E-state index contributed by atoms with van der Waals surface area (Å²) in [5.41, 5.74) is 1.73. The standard InChI is InChI=1S/C18H18Cl2FN3O/c19-16-6-3-14(11-17(16)20)22-12-18(25)24-9-7-23(8-10-24)15-4-1-13(21)2-5-15/h1-6,11,22H,7-10,12H2. The van der Waals surface area contributed by atoms with Gasteiger partial charge in [-0.3, -0.25) is 4.79 Å². The van der Waals surface area contributed by atoms with Crippen molar-refractivity contribution in [2.45, 2.75) is 0 Å². The van der Waals surface area contributed by atoms with E-state index in [9.17, 15) is 9.18 Å². The molecule has 2 aromatic rings. The third kappa shape index (κ3) is 4.55. The van der Waals surface area contributed by atoms with Crippen LogP contribution in [0.15, 0.2) is 42.5 Å². The minimum absolute atomic E-state index is 0.0322. The molecule has 3 rings (SSSR count). The van der Waals surface area contributed by atoms with E-state index in [4.69, 9.17) is 23.2 Å². The van der Waals surface area contributed by atoms with Gasteiger partial charge in [-0.2, -0.15) is 0 Å². The molecule has 0 saturated carbocycles. The van der Waals surface area contributed by atoms with Crippen LogP contribution in [0.3, 0.4) is 0 Å². The predicted octanol–water partition coefficient (Wildman–Crippen LogP) is 3.89. The van der Waals surface area contributed by atoms with Gasteiger partial charge in [0, 0.05) is 37.6 Å². The number of hydrogen-bond acceptors (Lipinski definition) is 3. The third-order valence-corrected chi connectivity index (χ3v) is 4.93. The Bertz CT molecular complexity index is 746. The minimum atomic E-state index is -0.244. The Hall–Kier alpha value is -1.98. The Morgan fingerprint density at radius 1 is 1.00 bits per heavy atom. The topological polar surface area (TPSA) is 35.6 Å². The van der Waals surface area contributed by atoms with Gasteiger partial charge < -0.3 is 15.1 Å². The molecule has 1 heterocycles. The Balaban J connectivity index is 1.49. The van der Waals surface area contributed by atoms with Gasteiger partial charge in [0.1, 0.15) is 5.82 Å². The predicted molar refractivity (Wildman–Crippen MR) is 100 cm³/mol. The highest BCUT2D eigenvalue weighted by molar-refractivity contribution is 6.42. The number of amides is 1. The molecule has 1 aliphatic rings. The average Bonchev–Trinajstić information content (AvgIpc) is 2.63. The maximum atomic E-state index is 13.0. The zero-order chi connectivity index (χ0) is 17.8. The second-order valence-corrected chi connectivity index (χ2v) is 6.64. The number of benzene rings is 2. The highest BCUT2D eigenvalue weighted by Crippen LogP contribution is 2.25. The van der Waals surface area contributed by atoms with Crippen molar-refractivity contribution >= 4 is 40.5 Å². The Labute approximate surface area is 156 Å². The molecule has 25 heavy (non-hydrogen) atoms. The van der Waals surface area contributed by atoms with Crippen LogP contribution in [-0.2, 0) is 4.79 Å². The van der Waals surface area contributed by atoms with Gasteiger partial charge in [0.25, 0.3) is 0 Å². The van der Waals surface area contributed by atoms with E-state index in [2.05, 4.69) is 10.2 Å². The number of hydrogen-bond donors (Lipinski definition) is 1. The smallest absolute Gasteiger partial charge is 0.241 e. The quantitative estimate of drug-likeness (QED) is 0.872. The summed E-state index contributed by atoms with van der Waals surface area (Å²) in [5.74, 6) is -0.212. The molecule has 0 bridgehead atoms. The number of rotatable bonds is 4. The summed E-state index contributed by atoms with van der Waals surface area (Å²) in [5, 5.41) is 4.00. The Kier molecular flexibility index (Phi) is 5.66. The first-order chi connectivity index (χ1) is 12.0. The van der Waals surface area contributed by atoms with E-state index in [0.717, 1.165) is 24.5 Å². The van der Waals surface area contributed by atoms with Gasteiger partial charge in [0.2, 0.25) is 5.91 Å². The fourth-order valence-electron chi connectivity index (χ4n) is 2.76. The lowest BCUT2D eigenvalue weighted by Crippen LogP contribution is -2.50. The Morgan fingerprint density at radius 2 is 1.68 bits per heavy atom. The molecule has 1 N–H and O–H groups in total. The molecule has 132 valence electrons. The van der Waals surface area contributed by atoms with Gasteiger partial charge in [0.05, 0.1) is 16.6 Å². The van der Waals surface area contributed by atoms with Crippen LogP contribution in [0.5, 0.6) is 0 Å². The molecule has 1 amide bonds. The molecule has 2 aromatic carbocycles. The molecule has 7 heteroatoms. The molecule has 0 aromatic heterocycles. The zero-order valence-corrected chi connectivity index (χ0v) is 15.0. The van der Waals surface area contributed by atoms with Crippen LogP contribution < -0.4 is 10.2 Å². The maximum Gasteiger partial charge on any atom is 0.241 e.